The summed E-state index contributed by atoms with van der Waals surface area (Å²) < 4.78 is 0. The van der Waals surface area contributed by atoms with E-state index in [9.17, 15) is 4.79 Å². The fraction of sp³-hybridized carbons (Fsp3) is 0.600. The van der Waals surface area contributed by atoms with Crippen molar-refractivity contribution in [3.63, 3.8) is 0 Å². The van der Waals surface area contributed by atoms with Crippen LogP contribution in [0.1, 0.15) is 13.8 Å². The maximum Gasteiger partial charge on any atom is 0.356 e. The molecule has 6 nitrogen and oxygen atoms in total. The first kappa shape index (κ1) is 18.0. The van der Waals surface area contributed by atoms with Crippen molar-refractivity contribution in [2.24, 2.45) is 21.7 Å². The third-order valence-electron chi connectivity index (χ3n) is 1.06. The molecule has 0 aliphatic carbocycles. The number of urea groups is 1. The second-order valence-corrected chi connectivity index (χ2v) is 2.51. The molecule has 0 radical (unpaired) electrons. The Labute approximate surface area is 88.5 Å². The van der Waals surface area contributed by atoms with Gasteiger partial charge in [-0.05, 0) is 13.8 Å². The first-order valence-electron chi connectivity index (χ1n) is 2.93. The van der Waals surface area contributed by atoms with Crippen molar-refractivity contribution in [3.8, 4) is 0 Å². The molecule has 0 aromatic carbocycles. The van der Waals surface area contributed by atoms with Gasteiger partial charge in [0, 0.05) is 0 Å². The maximum absolute atomic E-state index is 10.1. The van der Waals surface area contributed by atoms with Gasteiger partial charge < -0.3 is 11.5 Å². The third-order valence-corrected chi connectivity index (χ3v) is 1.06. The second kappa shape index (κ2) is 6.62. The quantitative estimate of drug-likeness (QED) is 0.373. The molecule has 0 aliphatic rings. The van der Waals surface area contributed by atoms with E-state index in [1.165, 1.54) is 0 Å². The number of rotatable bonds is 2. The summed E-state index contributed by atoms with van der Waals surface area (Å²) in [5.74, 6) is -0.164. The number of carbonyl (C=O) groups excluding carboxylic acids is 1. The smallest absolute Gasteiger partial charge is 0.356 e. The van der Waals surface area contributed by atoms with Crippen LogP contribution in [-0.2, 0) is 0 Å². The molecule has 0 rings (SSSR count). The highest BCUT2D eigenvalue weighted by Gasteiger charge is 2.20. The zero-order valence-corrected chi connectivity index (χ0v) is 8.91. The van der Waals surface area contributed by atoms with Crippen molar-refractivity contribution in [3.05, 3.63) is 0 Å². The first-order chi connectivity index (χ1) is 4.86. The summed E-state index contributed by atoms with van der Waals surface area (Å²) in [5.41, 5.74) is 8.87. The molecule has 0 heterocycles. The molecule has 2 amide bonds. The summed E-state index contributed by atoms with van der Waals surface area (Å²) in [4.78, 5) is 10.1. The summed E-state index contributed by atoms with van der Waals surface area (Å²) in [7, 11) is 0. The van der Waals surface area contributed by atoms with Gasteiger partial charge in [-0.1, -0.05) is 5.11 Å². The van der Waals surface area contributed by atoms with Crippen molar-refractivity contribution >= 4 is 36.7 Å². The van der Waals surface area contributed by atoms with Crippen LogP contribution in [0.3, 0.4) is 0 Å². The fourth-order valence-electron chi connectivity index (χ4n) is 0.228. The predicted molar refractivity (Wildman–Crippen MR) is 54.9 cm³/mol. The van der Waals surface area contributed by atoms with Crippen molar-refractivity contribution < 1.29 is 4.79 Å². The van der Waals surface area contributed by atoms with Gasteiger partial charge in [0.15, 0.2) is 0 Å². The van der Waals surface area contributed by atoms with Crippen LogP contribution in [0.2, 0.25) is 0 Å². The molecule has 5 N–H and O–H groups in total. The van der Waals surface area contributed by atoms with Crippen LogP contribution in [0, 0.1) is 5.41 Å². The standard InChI is InChI=1S/C5H11N5O.2ClH/c1-5(2,3(6)7)10-9-4(8)11;;/h1-2H3,(H3,6,7)(H2,8,11);2*1H/b10-9+;;. The number of hydrogen-bond donors (Lipinski definition) is 3. The van der Waals surface area contributed by atoms with Crippen LogP contribution >= 0.6 is 24.8 Å². The Morgan fingerprint density at radius 2 is 1.69 bits per heavy atom. The van der Waals surface area contributed by atoms with Gasteiger partial charge in [0.1, 0.15) is 11.4 Å². The Morgan fingerprint density at radius 3 is 1.92 bits per heavy atom. The van der Waals surface area contributed by atoms with E-state index in [-0.39, 0.29) is 30.6 Å². The SMILES string of the molecule is CC(C)(/N=N/C(N)=O)C(=N)N.Cl.Cl. The number of nitrogens with zero attached hydrogens (tertiary/aromatic N) is 2. The molecule has 0 unspecified atom stereocenters. The molecule has 8 heteroatoms. The lowest BCUT2D eigenvalue weighted by molar-refractivity contribution is 0.254. The highest BCUT2D eigenvalue weighted by atomic mass is 35.5. The number of hydrogen-bond acceptors (Lipinski definition) is 3. The van der Waals surface area contributed by atoms with E-state index in [1.807, 2.05) is 0 Å². The highest BCUT2D eigenvalue weighted by molar-refractivity contribution is 5.86. The average Bonchev–Trinajstić information content (AvgIpc) is 1.84. The molecule has 0 saturated heterocycles. The molecule has 0 atom stereocenters. The Morgan fingerprint density at radius 1 is 1.31 bits per heavy atom. The zero-order chi connectivity index (χ0) is 9.07. The van der Waals surface area contributed by atoms with Crippen LogP contribution in [0.15, 0.2) is 10.2 Å². The van der Waals surface area contributed by atoms with E-state index in [2.05, 4.69) is 16.0 Å². The number of amides is 2. The van der Waals surface area contributed by atoms with E-state index in [4.69, 9.17) is 11.1 Å². The predicted octanol–water partition coefficient (Wildman–Crippen LogP) is 1.08. The minimum absolute atomic E-state index is 0. The van der Waals surface area contributed by atoms with Gasteiger partial charge in [-0.25, -0.2) is 4.79 Å². The number of azo groups is 1. The van der Waals surface area contributed by atoms with Crippen LogP contribution in [0.4, 0.5) is 4.79 Å². The Hall–Kier alpha value is -0.880. The maximum atomic E-state index is 10.1. The van der Waals surface area contributed by atoms with E-state index < -0.39 is 11.6 Å². The van der Waals surface area contributed by atoms with Crippen molar-refractivity contribution in [2.45, 2.75) is 19.4 Å². The molecule has 13 heavy (non-hydrogen) atoms. The molecular formula is C5H13Cl2N5O. The number of nitrogens with two attached hydrogens (primary N) is 2. The Balaban J connectivity index is -0.000000500. The lowest BCUT2D eigenvalue weighted by Crippen LogP contribution is -2.35. The van der Waals surface area contributed by atoms with E-state index in [0.717, 1.165) is 0 Å². The molecule has 0 aromatic heterocycles. The van der Waals surface area contributed by atoms with Gasteiger partial charge in [-0.3, -0.25) is 5.41 Å². The lowest BCUT2D eigenvalue weighted by atomic mass is 10.1. The zero-order valence-electron chi connectivity index (χ0n) is 7.27. The minimum Gasteiger partial charge on any atom is -0.386 e. The van der Waals surface area contributed by atoms with Crippen molar-refractivity contribution in [1.29, 1.82) is 5.41 Å². The molecule has 0 saturated carbocycles. The van der Waals surface area contributed by atoms with Crippen LogP contribution in [-0.4, -0.2) is 17.4 Å². The summed E-state index contributed by atoms with van der Waals surface area (Å²) >= 11 is 0. The van der Waals surface area contributed by atoms with Crippen LogP contribution < -0.4 is 11.5 Å². The molecule has 0 spiro atoms. The fourth-order valence-corrected chi connectivity index (χ4v) is 0.228. The van der Waals surface area contributed by atoms with Gasteiger partial charge >= 0.3 is 6.03 Å². The monoisotopic (exact) mass is 229 g/mol. The van der Waals surface area contributed by atoms with E-state index in [1.54, 1.807) is 13.8 Å². The first-order valence-corrected chi connectivity index (χ1v) is 2.93. The summed E-state index contributed by atoms with van der Waals surface area (Å²) in [6.45, 7) is 3.11. The van der Waals surface area contributed by atoms with Gasteiger partial charge in [0.05, 0.1) is 0 Å². The van der Waals surface area contributed by atoms with E-state index >= 15 is 0 Å². The molecule has 78 valence electrons. The summed E-state index contributed by atoms with van der Waals surface area (Å²) in [5, 5.41) is 13.5. The number of nitrogens with one attached hydrogen (secondary N) is 1. The number of primary amides is 1. The van der Waals surface area contributed by atoms with E-state index in [0.29, 0.717) is 0 Å². The van der Waals surface area contributed by atoms with Crippen molar-refractivity contribution in [2.75, 3.05) is 0 Å². The Kier molecular flexibility index (Phi) is 9.17. The molecule has 0 fully saturated rings. The molecule has 0 bridgehead atoms. The lowest BCUT2D eigenvalue weighted by Gasteiger charge is -2.14. The normalized spacial score (nSPS) is 10.0. The summed E-state index contributed by atoms with van der Waals surface area (Å²) in [6.07, 6.45) is 0. The van der Waals surface area contributed by atoms with Gasteiger partial charge in [0.25, 0.3) is 0 Å². The number of amidine groups is 1. The minimum atomic E-state index is -0.949. The van der Waals surface area contributed by atoms with Crippen LogP contribution in [0.25, 0.3) is 0 Å². The molecular weight excluding hydrogens is 217 g/mol. The van der Waals surface area contributed by atoms with Crippen molar-refractivity contribution in [1.82, 2.24) is 0 Å². The Bertz CT molecular complexity index is 215. The van der Waals surface area contributed by atoms with Gasteiger partial charge in [-0.2, -0.15) is 5.11 Å². The highest BCUT2D eigenvalue weighted by Crippen LogP contribution is 2.07. The second-order valence-electron chi connectivity index (χ2n) is 2.51. The number of halogens is 2. The third kappa shape index (κ3) is 7.48. The van der Waals surface area contributed by atoms with Gasteiger partial charge in [-0.15, -0.1) is 24.8 Å². The average molecular weight is 230 g/mol. The van der Waals surface area contributed by atoms with Gasteiger partial charge in [0.2, 0.25) is 0 Å². The van der Waals surface area contributed by atoms with Crippen LogP contribution in [0.5, 0.6) is 0 Å². The summed E-state index contributed by atoms with van der Waals surface area (Å²) in [6, 6.07) is -0.890. The number of carbonyl (C=O) groups is 1. The topological polar surface area (TPSA) is 118 Å². The largest absolute Gasteiger partial charge is 0.386 e. The molecule has 0 aliphatic heterocycles. The molecule has 0 aromatic rings.